The average Bonchev–Trinajstić information content (AvgIpc) is 2.97. The number of hydrogen-bond donors (Lipinski definition) is 2. The van der Waals surface area contributed by atoms with Crippen molar-refractivity contribution in [3.63, 3.8) is 0 Å². The lowest BCUT2D eigenvalue weighted by atomic mass is 9.91. The molecule has 0 spiro atoms. The van der Waals surface area contributed by atoms with Gasteiger partial charge in [-0.05, 0) is 32.1 Å². The summed E-state index contributed by atoms with van der Waals surface area (Å²) in [7, 11) is -2.96. The van der Waals surface area contributed by atoms with Crippen molar-refractivity contribution in [3.8, 4) is 0 Å². The quantitative estimate of drug-likeness (QED) is 0.871. The first-order valence-corrected chi connectivity index (χ1v) is 9.68. The van der Waals surface area contributed by atoms with Gasteiger partial charge in [0, 0.05) is 11.4 Å². The predicted molar refractivity (Wildman–Crippen MR) is 80.7 cm³/mol. The third kappa shape index (κ3) is 2.91. The summed E-state index contributed by atoms with van der Waals surface area (Å²) in [5, 5.41) is 12.6. The van der Waals surface area contributed by atoms with E-state index in [9.17, 15) is 18.3 Å². The maximum atomic E-state index is 11.8. The third-order valence-electron chi connectivity index (χ3n) is 4.20. The minimum atomic E-state index is -2.96. The van der Waals surface area contributed by atoms with Crippen LogP contribution in [-0.2, 0) is 21.1 Å². The molecule has 1 aromatic rings. The summed E-state index contributed by atoms with van der Waals surface area (Å²) >= 11 is 1.46. The van der Waals surface area contributed by atoms with Crippen molar-refractivity contribution in [1.29, 1.82) is 0 Å². The summed E-state index contributed by atoms with van der Waals surface area (Å²) in [5.74, 6) is -1.07. The summed E-state index contributed by atoms with van der Waals surface area (Å²) < 4.78 is 23.6. The van der Waals surface area contributed by atoms with Crippen molar-refractivity contribution < 1.29 is 18.3 Å². The molecule has 1 aliphatic carbocycles. The summed E-state index contributed by atoms with van der Waals surface area (Å²) in [6.07, 6.45) is 3.77. The number of nitrogens with zero attached hydrogens (tertiary/aromatic N) is 1. The Balaban J connectivity index is 1.72. The van der Waals surface area contributed by atoms with Gasteiger partial charge in [-0.2, -0.15) is 0 Å². The van der Waals surface area contributed by atoms with Crippen LogP contribution in [-0.4, -0.2) is 42.0 Å². The van der Waals surface area contributed by atoms with Crippen LogP contribution < -0.4 is 5.32 Å². The fraction of sp³-hybridized carbons (Fsp3) is 0.692. The average molecular weight is 330 g/mol. The predicted octanol–water partition coefficient (Wildman–Crippen LogP) is 1.64. The van der Waals surface area contributed by atoms with Gasteiger partial charge in [0.25, 0.3) is 0 Å². The number of thiazole rings is 1. The maximum absolute atomic E-state index is 11.8. The van der Waals surface area contributed by atoms with Gasteiger partial charge in [-0.1, -0.05) is 0 Å². The Morgan fingerprint density at radius 1 is 1.38 bits per heavy atom. The lowest BCUT2D eigenvalue weighted by molar-refractivity contribution is -0.139. The van der Waals surface area contributed by atoms with Crippen LogP contribution in [0.15, 0.2) is 0 Å². The molecule has 8 heteroatoms. The number of nitrogens with one attached hydrogen (secondary N) is 1. The van der Waals surface area contributed by atoms with Gasteiger partial charge in [-0.15, -0.1) is 11.3 Å². The van der Waals surface area contributed by atoms with Gasteiger partial charge in [-0.3, -0.25) is 4.79 Å². The fourth-order valence-corrected chi connectivity index (χ4v) is 5.86. The molecule has 1 fully saturated rings. The first-order valence-electron chi connectivity index (χ1n) is 7.15. The van der Waals surface area contributed by atoms with E-state index in [2.05, 4.69) is 10.3 Å². The number of carbonyl (C=O) groups is 1. The van der Waals surface area contributed by atoms with Crippen molar-refractivity contribution in [2.45, 2.75) is 43.3 Å². The second-order valence-corrected chi connectivity index (χ2v) is 9.11. The molecule has 2 heterocycles. The van der Waals surface area contributed by atoms with Crippen molar-refractivity contribution in [2.75, 3.05) is 17.6 Å². The summed E-state index contributed by atoms with van der Waals surface area (Å²) in [6.45, 7) is 0.368. The largest absolute Gasteiger partial charge is 0.481 e. The van der Waals surface area contributed by atoms with E-state index in [-0.39, 0.29) is 11.0 Å². The fourth-order valence-electron chi connectivity index (χ4n) is 3.02. The van der Waals surface area contributed by atoms with Gasteiger partial charge >= 0.3 is 5.97 Å². The lowest BCUT2D eigenvalue weighted by Gasteiger charge is -2.16. The number of aliphatic carboxylic acids is 1. The second kappa shape index (κ2) is 5.57. The van der Waals surface area contributed by atoms with Crippen LogP contribution in [0.1, 0.15) is 42.2 Å². The van der Waals surface area contributed by atoms with E-state index in [1.165, 1.54) is 11.3 Å². The van der Waals surface area contributed by atoms with Crippen molar-refractivity contribution >= 4 is 32.3 Å². The molecular formula is C13H18N2O4S2. The second-order valence-electron chi connectivity index (χ2n) is 5.62. The number of carboxylic acid groups (broad SMARTS) is 1. The molecule has 2 atom stereocenters. The minimum absolute atomic E-state index is 0.273. The zero-order valence-electron chi connectivity index (χ0n) is 11.5. The number of anilines is 1. The van der Waals surface area contributed by atoms with E-state index in [1.54, 1.807) is 0 Å². The van der Waals surface area contributed by atoms with Gasteiger partial charge in [0.1, 0.15) is 5.92 Å². The zero-order chi connectivity index (χ0) is 15.0. The normalized spacial score (nSPS) is 27.2. The molecule has 2 aliphatic rings. The molecule has 116 valence electrons. The van der Waals surface area contributed by atoms with Gasteiger partial charge < -0.3 is 10.4 Å². The van der Waals surface area contributed by atoms with Crippen LogP contribution >= 0.6 is 11.3 Å². The molecule has 2 unspecified atom stereocenters. The number of fused-ring (bicyclic) bond motifs is 1. The smallest absolute Gasteiger partial charge is 0.312 e. The van der Waals surface area contributed by atoms with E-state index in [0.29, 0.717) is 30.2 Å². The summed E-state index contributed by atoms with van der Waals surface area (Å²) in [6, 6.07) is 0. The Morgan fingerprint density at radius 3 is 2.86 bits per heavy atom. The first-order chi connectivity index (χ1) is 9.97. The monoisotopic (exact) mass is 330 g/mol. The Labute approximate surface area is 127 Å². The highest BCUT2D eigenvalue weighted by Gasteiger charge is 2.32. The molecule has 6 nitrogen and oxygen atoms in total. The Morgan fingerprint density at radius 2 is 2.19 bits per heavy atom. The molecule has 1 saturated heterocycles. The number of carboxylic acids is 1. The maximum Gasteiger partial charge on any atom is 0.312 e. The molecule has 21 heavy (non-hydrogen) atoms. The van der Waals surface area contributed by atoms with Gasteiger partial charge in [-0.25, -0.2) is 13.4 Å². The van der Waals surface area contributed by atoms with Gasteiger partial charge in [0.05, 0.1) is 16.7 Å². The molecule has 0 aromatic carbocycles. The highest BCUT2D eigenvalue weighted by molar-refractivity contribution is 7.92. The standard InChI is InChI=1S/C13H18N2O4S2/c16-12(17)9-4-1-5-10-11(9)15-13(20-10)14-7-8-3-2-6-21(8,18)19/h8-9H,1-7H2,(H,14,15)(H,16,17). The highest BCUT2D eigenvalue weighted by atomic mass is 32.2. The van der Waals surface area contributed by atoms with E-state index in [1.807, 2.05) is 0 Å². The lowest BCUT2D eigenvalue weighted by Crippen LogP contribution is -2.25. The van der Waals surface area contributed by atoms with Crippen LogP contribution in [0.5, 0.6) is 0 Å². The number of hydrogen-bond acceptors (Lipinski definition) is 6. The molecule has 0 bridgehead atoms. The Kier molecular flexibility index (Phi) is 3.92. The molecule has 0 amide bonds. The Hall–Kier alpha value is -1.15. The molecule has 3 rings (SSSR count). The summed E-state index contributed by atoms with van der Waals surface area (Å²) in [5.41, 5.74) is 0.663. The number of rotatable bonds is 4. The topological polar surface area (TPSA) is 96.4 Å². The Bertz CT molecular complexity index is 653. The van der Waals surface area contributed by atoms with Crippen LogP contribution in [0.25, 0.3) is 0 Å². The minimum Gasteiger partial charge on any atom is -0.481 e. The van der Waals surface area contributed by atoms with Crippen LogP contribution in [0, 0.1) is 0 Å². The first kappa shape index (κ1) is 14.8. The van der Waals surface area contributed by atoms with E-state index in [0.717, 1.165) is 24.1 Å². The van der Waals surface area contributed by atoms with Crippen molar-refractivity contribution in [1.82, 2.24) is 4.98 Å². The van der Waals surface area contributed by atoms with Crippen LogP contribution in [0.4, 0.5) is 5.13 Å². The third-order valence-corrected chi connectivity index (χ3v) is 7.56. The van der Waals surface area contributed by atoms with E-state index in [4.69, 9.17) is 0 Å². The van der Waals surface area contributed by atoms with E-state index >= 15 is 0 Å². The zero-order valence-corrected chi connectivity index (χ0v) is 13.2. The molecule has 0 saturated carbocycles. The number of aromatic nitrogens is 1. The molecule has 1 aromatic heterocycles. The molecule has 1 aliphatic heterocycles. The van der Waals surface area contributed by atoms with Crippen molar-refractivity contribution in [2.24, 2.45) is 0 Å². The van der Waals surface area contributed by atoms with E-state index < -0.39 is 21.7 Å². The number of aryl methyl sites for hydroxylation is 1. The molecule has 0 radical (unpaired) electrons. The number of sulfone groups is 1. The van der Waals surface area contributed by atoms with Gasteiger partial charge in [0.15, 0.2) is 15.0 Å². The van der Waals surface area contributed by atoms with Crippen molar-refractivity contribution in [3.05, 3.63) is 10.6 Å². The summed E-state index contributed by atoms with van der Waals surface area (Å²) in [4.78, 5) is 16.7. The van der Waals surface area contributed by atoms with Crippen LogP contribution in [0.2, 0.25) is 0 Å². The van der Waals surface area contributed by atoms with Crippen LogP contribution in [0.3, 0.4) is 0 Å². The highest BCUT2D eigenvalue weighted by Crippen LogP contribution is 2.37. The van der Waals surface area contributed by atoms with Gasteiger partial charge in [0.2, 0.25) is 0 Å². The molecule has 2 N–H and O–H groups in total. The molecular weight excluding hydrogens is 312 g/mol. The SMILES string of the molecule is O=C(O)C1CCCc2sc(NCC3CCCS3(=O)=O)nc21.